The maximum absolute atomic E-state index is 5.75. The van der Waals surface area contributed by atoms with Gasteiger partial charge in [-0.1, -0.05) is 6.92 Å². The summed E-state index contributed by atoms with van der Waals surface area (Å²) in [6, 6.07) is 2.22. The highest BCUT2D eigenvalue weighted by atomic mass is 79.9. The van der Waals surface area contributed by atoms with Gasteiger partial charge in [-0.3, -0.25) is 0 Å². The van der Waals surface area contributed by atoms with Gasteiger partial charge in [0.15, 0.2) is 0 Å². The SMILES string of the molecule is CCN1CCC(N(C)c2nc(N)cc(Br)n2)CC1. The average Bonchev–Trinajstić information content (AvgIpc) is 2.37. The summed E-state index contributed by atoms with van der Waals surface area (Å²) >= 11 is 3.36. The molecule has 6 heteroatoms. The standard InChI is InChI=1S/C12H20BrN5/c1-3-18-6-4-9(5-7-18)17(2)12-15-10(13)8-11(14)16-12/h8-9H,3-7H2,1-2H3,(H2,14,15,16). The summed E-state index contributed by atoms with van der Waals surface area (Å²) < 4.78 is 0.739. The molecule has 2 heterocycles. The minimum Gasteiger partial charge on any atom is -0.383 e. The maximum atomic E-state index is 5.75. The zero-order valence-corrected chi connectivity index (χ0v) is 12.5. The number of nitrogens with two attached hydrogens (primary N) is 1. The molecule has 0 spiro atoms. The van der Waals surface area contributed by atoms with Crippen LogP contribution in [0.15, 0.2) is 10.7 Å². The topological polar surface area (TPSA) is 58.3 Å². The van der Waals surface area contributed by atoms with Crippen LogP contribution in [0.2, 0.25) is 0 Å². The lowest BCUT2D eigenvalue weighted by Gasteiger charge is -2.36. The number of hydrogen-bond acceptors (Lipinski definition) is 5. The number of halogens is 1. The molecule has 1 aromatic rings. The molecule has 1 aliphatic rings. The average molecular weight is 314 g/mol. The molecule has 18 heavy (non-hydrogen) atoms. The van der Waals surface area contributed by atoms with Gasteiger partial charge in [-0.25, -0.2) is 4.98 Å². The fourth-order valence-corrected chi connectivity index (χ4v) is 2.76. The van der Waals surface area contributed by atoms with Gasteiger partial charge < -0.3 is 15.5 Å². The molecule has 0 radical (unpaired) electrons. The molecule has 0 amide bonds. The van der Waals surface area contributed by atoms with Gasteiger partial charge in [0.25, 0.3) is 0 Å². The number of likely N-dealkylation sites (tertiary alicyclic amines) is 1. The fourth-order valence-electron chi connectivity index (χ4n) is 2.37. The number of nitrogen functional groups attached to an aromatic ring is 1. The van der Waals surface area contributed by atoms with Crippen molar-refractivity contribution in [3.8, 4) is 0 Å². The molecule has 2 rings (SSSR count). The summed E-state index contributed by atoms with van der Waals surface area (Å²) in [7, 11) is 2.05. The normalized spacial score (nSPS) is 17.9. The Balaban J connectivity index is 2.05. The second-order valence-corrected chi connectivity index (χ2v) is 5.50. The fraction of sp³-hybridized carbons (Fsp3) is 0.667. The first-order valence-electron chi connectivity index (χ1n) is 6.35. The van der Waals surface area contributed by atoms with Crippen molar-refractivity contribution in [2.24, 2.45) is 0 Å². The summed E-state index contributed by atoms with van der Waals surface area (Å²) in [5.74, 6) is 1.21. The zero-order chi connectivity index (χ0) is 13.1. The van der Waals surface area contributed by atoms with Crippen LogP contribution >= 0.6 is 15.9 Å². The van der Waals surface area contributed by atoms with Crippen molar-refractivity contribution >= 4 is 27.7 Å². The smallest absolute Gasteiger partial charge is 0.228 e. The molecular formula is C12H20BrN5. The second kappa shape index (κ2) is 5.84. The van der Waals surface area contributed by atoms with Crippen LogP contribution in [-0.2, 0) is 0 Å². The third kappa shape index (κ3) is 3.11. The molecule has 0 aromatic carbocycles. The van der Waals surface area contributed by atoms with Crippen LogP contribution in [0.4, 0.5) is 11.8 Å². The van der Waals surface area contributed by atoms with Gasteiger partial charge in [0.1, 0.15) is 10.4 Å². The van der Waals surface area contributed by atoms with Crippen LogP contribution < -0.4 is 10.6 Å². The molecule has 0 unspecified atom stereocenters. The lowest BCUT2D eigenvalue weighted by Crippen LogP contribution is -2.43. The van der Waals surface area contributed by atoms with Crippen LogP contribution in [0, 0.1) is 0 Å². The highest BCUT2D eigenvalue weighted by Crippen LogP contribution is 2.21. The molecule has 0 bridgehead atoms. The van der Waals surface area contributed by atoms with E-state index in [0.717, 1.165) is 37.1 Å². The molecule has 100 valence electrons. The lowest BCUT2D eigenvalue weighted by atomic mass is 10.0. The Hall–Kier alpha value is -0.880. The van der Waals surface area contributed by atoms with Crippen molar-refractivity contribution in [3.63, 3.8) is 0 Å². The van der Waals surface area contributed by atoms with Gasteiger partial charge >= 0.3 is 0 Å². The van der Waals surface area contributed by atoms with Crippen LogP contribution in [0.25, 0.3) is 0 Å². The van der Waals surface area contributed by atoms with Crippen LogP contribution in [0.3, 0.4) is 0 Å². The predicted octanol–water partition coefficient (Wildman–Crippen LogP) is 1.74. The summed E-state index contributed by atoms with van der Waals surface area (Å²) in [5.41, 5.74) is 5.75. The van der Waals surface area contributed by atoms with Crippen molar-refractivity contribution in [3.05, 3.63) is 10.7 Å². The Bertz CT molecular complexity index is 383. The van der Waals surface area contributed by atoms with Crippen LogP contribution in [-0.4, -0.2) is 47.6 Å². The Morgan fingerprint density at radius 1 is 1.44 bits per heavy atom. The number of nitrogens with zero attached hydrogens (tertiary/aromatic N) is 4. The van der Waals surface area contributed by atoms with E-state index in [-0.39, 0.29) is 0 Å². The number of piperidine rings is 1. The Labute approximate surface area is 117 Å². The second-order valence-electron chi connectivity index (χ2n) is 4.69. The van der Waals surface area contributed by atoms with E-state index in [1.54, 1.807) is 6.07 Å². The molecule has 1 aliphatic heterocycles. The lowest BCUT2D eigenvalue weighted by molar-refractivity contribution is 0.220. The van der Waals surface area contributed by atoms with E-state index in [1.807, 2.05) is 7.05 Å². The van der Waals surface area contributed by atoms with Crippen LogP contribution in [0.1, 0.15) is 19.8 Å². The summed E-state index contributed by atoms with van der Waals surface area (Å²) in [6.07, 6.45) is 2.31. The van der Waals surface area contributed by atoms with Crippen molar-refractivity contribution in [1.29, 1.82) is 0 Å². The first-order chi connectivity index (χ1) is 8.60. The molecule has 1 saturated heterocycles. The minimum absolute atomic E-state index is 0.501. The number of rotatable bonds is 3. The number of hydrogen-bond donors (Lipinski definition) is 1. The maximum Gasteiger partial charge on any atom is 0.228 e. The van der Waals surface area contributed by atoms with Gasteiger partial charge in [0.2, 0.25) is 5.95 Å². The van der Waals surface area contributed by atoms with Crippen molar-refractivity contribution in [1.82, 2.24) is 14.9 Å². The predicted molar refractivity (Wildman–Crippen MR) is 77.7 cm³/mol. The molecule has 0 aliphatic carbocycles. The summed E-state index contributed by atoms with van der Waals surface area (Å²) in [6.45, 7) is 5.64. The molecule has 0 atom stereocenters. The molecular weight excluding hydrogens is 294 g/mol. The number of aromatic nitrogens is 2. The molecule has 2 N–H and O–H groups in total. The Morgan fingerprint density at radius 3 is 2.67 bits per heavy atom. The monoisotopic (exact) mass is 313 g/mol. The van der Waals surface area contributed by atoms with Gasteiger partial charge in [-0.05, 0) is 35.3 Å². The van der Waals surface area contributed by atoms with Gasteiger partial charge in [-0.2, -0.15) is 4.98 Å². The van der Waals surface area contributed by atoms with Crippen molar-refractivity contribution in [2.75, 3.05) is 37.3 Å². The van der Waals surface area contributed by atoms with Gasteiger partial charge in [0, 0.05) is 32.2 Å². The van der Waals surface area contributed by atoms with Gasteiger partial charge in [0.05, 0.1) is 0 Å². The summed E-state index contributed by atoms with van der Waals surface area (Å²) in [4.78, 5) is 13.3. The van der Waals surface area contributed by atoms with Crippen LogP contribution in [0.5, 0.6) is 0 Å². The quantitative estimate of drug-likeness (QED) is 0.861. The van der Waals surface area contributed by atoms with E-state index in [9.17, 15) is 0 Å². The molecule has 0 saturated carbocycles. The van der Waals surface area contributed by atoms with E-state index < -0.39 is 0 Å². The third-order valence-electron chi connectivity index (χ3n) is 3.57. The van der Waals surface area contributed by atoms with E-state index in [0.29, 0.717) is 17.8 Å². The van der Waals surface area contributed by atoms with E-state index in [4.69, 9.17) is 5.73 Å². The van der Waals surface area contributed by atoms with E-state index in [2.05, 4.69) is 42.6 Å². The third-order valence-corrected chi connectivity index (χ3v) is 3.98. The minimum atomic E-state index is 0.501. The highest BCUT2D eigenvalue weighted by Gasteiger charge is 2.23. The largest absolute Gasteiger partial charge is 0.383 e. The van der Waals surface area contributed by atoms with Crippen molar-refractivity contribution < 1.29 is 0 Å². The van der Waals surface area contributed by atoms with E-state index >= 15 is 0 Å². The summed E-state index contributed by atoms with van der Waals surface area (Å²) in [5, 5.41) is 0. The molecule has 1 fully saturated rings. The van der Waals surface area contributed by atoms with Crippen molar-refractivity contribution in [2.45, 2.75) is 25.8 Å². The number of anilines is 2. The van der Waals surface area contributed by atoms with Gasteiger partial charge in [-0.15, -0.1) is 0 Å². The first-order valence-corrected chi connectivity index (χ1v) is 7.14. The Kier molecular flexibility index (Phi) is 4.40. The molecule has 5 nitrogen and oxygen atoms in total. The van der Waals surface area contributed by atoms with E-state index in [1.165, 1.54) is 0 Å². The highest BCUT2D eigenvalue weighted by molar-refractivity contribution is 9.10. The molecule has 1 aromatic heterocycles. The Morgan fingerprint density at radius 2 is 2.11 bits per heavy atom. The first kappa shape index (κ1) is 13.5. The zero-order valence-electron chi connectivity index (χ0n) is 10.9.